The fourth-order valence-corrected chi connectivity index (χ4v) is 3.88. The van der Waals surface area contributed by atoms with Crippen LogP contribution in [0.15, 0.2) is 23.1 Å². The van der Waals surface area contributed by atoms with Gasteiger partial charge in [0.25, 0.3) is 0 Å². The van der Waals surface area contributed by atoms with E-state index in [4.69, 9.17) is 16.3 Å². The van der Waals surface area contributed by atoms with Crippen molar-refractivity contribution in [1.29, 1.82) is 0 Å². The normalized spacial score (nSPS) is 11.8. The van der Waals surface area contributed by atoms with E-state index in [0.29, 0.717) is 23.9 Å². The van der Waals surface area contributed by atoms with Crippen LogP contribution in [0.1, 0.15) is 26.7 Å². The molecule has 1 aromatic carbocycles. The minimum atomic E-state index is -3.57. The Hall–Kier alpha value is -0.780. The topological polar surface area (TPSA) is 46.6 Å². The van der Waals surface area contributed by atoms with E-state index in [1.54, 1.807) is 12.1 Å². The highest BCUT2D eigenvalue weighted by molar-refractivity contribution is 7.89. The Morgan fingerprint density at radius 1 is 1.21 bits per heavy atom. The molecule has 0 amide bonds. The highest BCUT2D eigenvalue weighted by Gasteiger charge is 2.26. The van der Waals surface area contributed by atoms with Crippen molar-refractivity contribution in [2.75, 3.05) is 20.2 Å². The zero-order chi connectivity index (χ0) is 14.5. The molecule has 0 saturated heterocycles. The Bertz CT molecular complexity index is 511. The summed E-state index contributed by atoms with van der Waals surface area (Å²) in [4.78, 5) is 0.129. The van der Waals surface area contributed by atoms with Crippen molar-refractivity contribution in [2.45, 2.75) is 31.6 Å². The number of ether oxygens (including phenoxy) is 1. The summed E-state index contributed by atoms with van der Waals surface area (Å²) in [5.74, 6) is 0.321. The van der Waals surface area contributed by atoms with Gasteiger partial charge in [-0.1, -0.05) is 25.4 Å². The summed E-state index contributed by atoms with van der Waals surface area (Å²) in [6, 6.07) is 4.63. The first-order valence-electron chi connectivity index (χ1n) is 6.31. The Labute approximate surface area is 120 Å². The van der Waals surface area contributed by atoms with Gasteiger partial charge in [-0.3, -0.25) is 0 Å². The summed E-state index contributed by atoms with van der Waals surface area (Å²) in [6.07, 6.45) is 1.53. The molecule has 0 aliphatic heterocycles. The number of nitrogens with zero attached hydrogens (tertiary/aromatic N) is 1. The second-order valence-corrected chi connectivity index (χ2v) is 6.54. The lowest BCUT2D eigenvalue weighted by atomic mass is 10.3. The van der Waals surface area contributed by atoms with Gasteiger partial charge in [-0.2, -0.15) is 4.31 Å². The van der Waals surface area contributed by atoms with Crippen LogP contribution in [0.4, 0.5) is 0 Å². The third kappa shape index (κ3) is 3.84. The Morgan fingerprint density at radius 3 is 2.26 bits per heavy atom. The highest BCUT2D eigenvalue weighted by atomic mass is 35.5. The molecule has 0 aliphatic rings. The molecule has 0 atom stereocenters. The molecule has 0 spiro atoms. The molecule has 4 nitrogen and oxygen atoms in total. The zero-order valence-corrected chi connectivity index (χ0v) is 13.1. The van der Waals surface area contributed by atoms with Gasteiger partial charge in [0.1, 0.15) is 10.6 Å². The summed E-state index contributed by atoms with van der Waals surface area (Å²) in [5, 5.41) is 0.382. The summed E-state index contributed by atoms with van der Waals surface area (Å²) in [7, 11) is -2.12. The van der Waals surface area contributed by atoms with Gasteiger partial charge in [-0.25, -0.2) is 8.42 Å². The first-order chi connectivity index (χ1) is 8.97. The number of hydrogen-bond acceptors (Lipinski definition) is 3. The number of sulfonamides is 1. The number of hydrogen-bond donors (Lipinski definition) is 0. The molecule has 0 heterocycles. The molecule has 19 heavy (non-hydrogen) atoms. The molecular formula is C13H20ClNO3S. The monoisotopic (exact) mass is 305 g/mol. The molecule has 0 fully saturated rings. The van der Waals surface area contributed by atoms with Gasteiger partial charge in [0.05, 0.1) is 7.11 Å². The summed E-state index contributed by atoms with van der Waals surface area (Å²) in [5.41, 5.74) is 0. The van der Waals surface area contributed by atoms with E-state index in [2.05, 4.69) is 0 Å². The smallest absolute Gasteiger partial charge is 0.246 e. The predicted octanol–water partition coefficient (Wildman–Crippen LogP) is 3.16. The maximum atomic E-state index is 12.6. The van der Waals surface area contributed by atoms with Crippen molar-refractivity contribution in [3.05, 3.63) is 23.2 Å². The van der Waals surface area contributed by atoms with Gasteiger partial charge in [0.2, 0.25) is 10.0 Å². The van der Waals surface area contributed by atoms with Crippen LogP contribution >= 0.6 is 11.6 Å². The molecule has 108 valence electrons. The van der Waals surface area contributed by atoms with Gasteiger partial charge < -0.3 is 4.74 Å². The van der Waals surface area contributed by atoms with Crippen molar-refractivity contribution >= 4 is 21.6 Å². The third-order valence-corrected chi connectivity index (χ3v) is 4.84. The van der Waals surface area contributed by atoms with Gasteiger partial charge in [0.15, 0.2) is 0 Å². The minimum Gasteiger partial charge on any atom is -0.495 e. The van der Waals surface area contributed by atoms with Crippen LogP contribution < -0.4 is 4.74 Å². The van der Waals surface area contributed by atoms with Gasteiger partial charge in [0, 0.05) is 18.1 Å². The summed E-state index contributed by atoms with van der Waals surface area (Å²) < 4.78 is 31.9. The number of benzene rings is 1. The Balaban J connectivity index is 3.27. The van der Waals surface area contributed by atoms with Crippen LogP contribution in [-0.2, 0) is 10.0 Å². The molecule has 1 aromatic rings. The first kappa shape index (κ1) is 16.3. The fourth-order valence-electron chi connectivity index (χ4n) is 1.84. The lowest BCUT2D eigenvalue weighted by Crippen LogP contribution is -2.32. The van der Waals surface area contributed by atoms with Crippen molar-refractivity contribution in [3.63, 3.8) is 0 Å². The largest absolute Gasteiger partial charge is 0.495 e. The molecule has 0 bridgehead atoms. The molecule has 6 heteroatoms. The van der Waals surface area contributed by atoms with E-state index in [-0.39, 0.29) is 4.90 Å². The van der Waals surface area contributed by atoms with Crippen LogP contribution in [-0.4, -0.2) is 32.9 Å². The van der Waals surface area contributed by atoms with E-state index >= 15 is 0 Å². The van der Waals surface area contributed by atoms with E-state index in [0.717, 1.165) is 12.8 Å². The number of methoxy groups -OCH3 is 1. The summed E-state index contributed by atoms with van der Waals surface area (Å²) in [6.45, 7) is 4.89. The van der Waals surface area contributed by atoms with E-state index in [1.165, 1.54) is 17.5 Å². The second-order valence-electron chi connectivity index (χ2n) is 4.20. The Kier molecular flexibility index (Phi) is 6.10. The summed E-state index contributed by atoms with van der Waals surface area (Å²) >= 11 is 5.90. The number of rotatable bonds is 7. The molecule has 0 radical (unpaired) electrons. The van der Waals surface area contributed by atoms with Crippen LogP contribution in [0.3, 0.4) is 0 Å². The molecule has 0 aliphatic carbocycles. The van der Waals surface area contributed by atoms with Crippen LogP contribution in [0.2, 0.25) is 5.02 Å². The van der Waals surface area contributed by atoms with Crippen LogP contribution in [0.25, 0.3) is 0 Å². The second kappa shape index (κ2) is 7.12. The maximum absolute atomic E-state index is 12.6. The Morgan fingerprint density at radius 2 is 1.79 bits per heavy atom. The maximum Gasteiger partial charge on any atom is 0.246 e. The molecule has 0 unspecified atom stereocenters. The minimum absolute atomic E-state index is 0.129. The van der Waals surface area contributed by atoms with E-state index in [1.807, 2.05) is 13.8 Å². The number of halogens is 1. The van der Waals surface area contributed by atoms with Crippen molar-refractivity contribution in [1.82, 2.24) is 4.31 Å². The zero-order valence-electron chi connectivity index (χ0n) is 11.5. The fraction of sp³-hybridized carbons (Fsp3) is 0.538. The average Bonchev–Trinajstić information content (AvgIpc) is 2.38. The molecule has 0 saturated carbocycles. The quantitative estimate of drug-likeness (QED) is 0.777. The van der Waals surface area contributed by atoms with Crippen molar-refractivity contribution < 1.29 is 13.2 Å². The lowest BCUT2D eigenvalue weighted by molar-refractivity contribution is 0.387. The molecule has 0 N–H and O–H groups in total. The molecule has 1 rings (SSSR count). The SMILES string of the molecule is CCCN(CCC)S(=O)(=O)c1cc(Cl)ccc1OC. The van der Waals surface area contributed by atoms with Crippen molar-refractivity contribution in [3.8, 4) is 5.75 Å². The van der Waals surface area contributed by atoms with Gasteiger partial charge in [-0.15, -0.1) is 0 Å². The lowest BCUT2D eigenvalue weighted by Gasteiger charge is -2.22. The average molecular weight is 306 g/mol. The molecule has 0 aromatic heterocycles. The predicted molar refractivity (Wildman–Crippen MR) is 77.3 cm³/mol. The third-order valence-electron chi connectivity index (χ3n) is 2.69. The molecular weight excluding hydrogens is 286 g/mol. The van der Waals surface area contributed by atoms with Gasteiger partial charge >= 0.3 is 0 Å². The van der Waals surface area contributed by atoms with Gasteiger partial charge in [-0.05, 0) is 31.0 Å². The van der Waals surface area contributed by atoms with Crippen LogP contribution in [0.5, 0.6) is 5.75 Å². The van der Waals surface area contributed by atoms with E-state index in [9.17, 15) is 8.42 Å². The van der Waals surface area contributed by atoms with Crippen LogP contribution in [0, 0.1) is 0 Å². The van der Waals surface area contributed by atoms with E-state index < -0.39 is 10.0 Å². The van der Waals surface area contributed by atoms with Crippen molar-refractivity contribution in [2.24, 2.45) is 0 Å². The standard InChI is InChI=1S/C13H20ClNO3S/c1-4-8-15(9-5-2)19(16,17)13-10-11(14)6-7-12(13)18-3/h6-7,10H,4-5,8-9H2,1-3H3. The first-order valence-corrected chi connectivity index (χ1v) is 8.12. The highest BCUT2D eigenvalue weighted by Crippen LogP contribution is 2.29.